The average molecular weight is 400 g/mol. The van der Waals surface area contributed by atoms with Crippen LogP contribution < -0.4 is 16.0 Å². The summed E-state index contributed by atoms with van der Waals surface area (Å²) in [5, 5.41) is 0.616. The van der Waals surface area contributed by atoms with Crippen LogP contribution in [0.1, 0.15) is 0 Å². The Morgan fingerprint density at radius 1 is 1.08 bits per heavy atom. The number of aromatic amines is 1. The number of carbonyl (C=O) groups excluding carboxylic acids is 1. The van der Waals surface area contributed by atoms with Crippen LogP contribution in [0.2, 0.25) is 15.1 Å². The number of fused-ring (bicyclic) bond motifs is 1. The Morgan fingerprint density at radius 3 is 2.40 bits per heavy atom. The third kappa shape index (κ3) is 3.56. The number of esters is 1. The van der Waals surface area contributed by atoms with Gasteiger partial charge in [-0.1, -0.05) is 46.9 Å². The van der Waals surface area contributed by atoms with Gasteiger partial charge < -0.3 is 9.72 Å². The van der Waals surface area contributed by atoms with Crippen LogP contribution in [0.25, 0.3) is 10.9 Å². The fraction of sp³-hybridized carbons (Fsp3) is 0.0625. The van der Waals surface area contributed by atoms with Crippen molar-refractivity contribution < 1.29 is 9.53 Å². The third-order valence-electron chi connectivity index (χ3n) is 3.36. The molecule has 0 bridgehead atoms. The fourth-order valence-electron chi connectivity index (χ4n) is 2.24. The lowest BCUT2D eigenvalue weighted by molar-refractivity contribution is -0.135. The number of nitrogens with one attached hydrogen (secondary N) is 1. The molecule has 9 heteroatoms. The zero-order valence-electron chi connectivity index (χ0n) is 12.4. The van der Waals surface area contributed by atoms with Gasteiger partial charge >= 0.3 is 11.7 Å². The summed E-state index contributed by atoms with van der Waals surface area (Å²) in [5.74, 6) is -0.975. The molecule has 0 atom stereocenters. The first kappa shape index (κ1) is 17.5. The zero-order valence-corrected chi connectivity index (χ0v) is 14.7. The van der Waals surface area contributed by atoms with Gasteiger partial charge in [-0.3, -0.25) is 4.79 Å². The number of H-pyrrole nitrogens is 1. The van der Waals surface area contributed by atoms with Gasteiger partial charge in [0.05, 0.1) is 20.9 Å². The lowest BCUT2D eigenvalue weighted by atomic mass is 10.2. The number of aromatic nitrogens is 2. The van der Waals surface area contributed by atoms with Crippen LogP contribution in [0, 0.1) is 0 Å². The number of rotatable bonds is 3. The molecule has 6 nitrogen and oxygen atoms in total. The van der Waals surface area contributed by atoms with Crippen molar-refractivity contribution in [3.05, 3.63) is 72.3 Å². The molecule has 2 aromatic carbocycles. The Kier molecular flexibility index (Phi) is 4.85. The van der Waals surface area contributed by atoms with E-state index in [2.05, 4.69) is 4.98 Å². The van der Waals surface area contributed by atoms with Crippen molar-refractivity contribution in [3.63, 3.8) is 0 Å². The highest BCUT2D eigenvalue weighted by Crippen LogP contribution is 2.35. The number of halogens is 3. The second-order valence-electron chi connectivity index (χ2n) is 5.04. The normalized spacial score (nSPS) is 10.8. The van der Waals surface area contributed by atoms with E-state index in [0.717, 1.165) is 4.57 Å². The Balaban J connectivity index is 1.93. The molecule has 3 aromatic rings. The molecule has 0 saturated carbocycles. The summed E-state index contributed by atoms with van der Waals surface area (Å²) in [4.78, 5) is 39.1. The molecular formula is C16H9Cl3N2O4. The maximum atomic E-state index is 12.4. The largest absolute Gasteiger partial charge is 0.422 e. The lowest BCUT2D eigenvalue weighted by Crippen LogP contribution is -2.38. The molecule has 0 unspecified atom stereocenters. The van der Waals surface area contributed by atoms with Gasteiger partial charge in [0.1, 0.15) is 6.54 Å². The van der Waals surface area contributed by atoms with E-state index in [-0.39, 0.29) is 26.2 Å². The second-order valence-corrected chi connectivity index (χ2v) is 6.29. The van der Waals surface area contributed by atoms with Crippen LogP contribution in [0.4, 0.5) is 0 Å². The number of nitrogens with zero attached hydrogens (tertiary/aromatic N) is 1. The van der Waals surface area contributed by atoms with Gasteiger partial charge in [0, 0.05) is 5.02 Å². The molecule has 0 radical (unpaired) electrons. The minimum Gasteiger partial charge on any atom is -0.422 e. The Labute approximate surface area is 155 Å². The maximum absolute atomic E-state index is 12.4. The van der Waals surface area contributed by atoms with Crippen LogP contribution >= 0.6 is 34.8 Å². The van der Waals surface area contributed by atoms with Crippen molar-refractivity contribution in [2.45, 2.75) is 6.54 Å². The summed E-state index contributed by atoms with van der Waals surface area (Å²) in [5.41, 5.74) is -0.954. The highest BCUT2D eigenvalue weighted by atomic mass is 35.5. The van der Waals surface area contributed by atoms with Crippen molar-refractivity contribution in [2.24, 2.45) is 0 Å². The van der Waals surface area contributed by atoms with E-state index in [1.165, 1.54) is 12.1 Å². The van der Waals surface area contributed by atoms with Gasteiger partial charge in [0.25, 0.3) is 5.56 Å². The van der Waals surface area contributed by atoms with Crippen LogP contribution in [0.3, 0.4) is 0 Å². The maximum Gasteiger partial charge on any atom is 0.331 e. The molecule has 1 heterocycles. The summed E-state index contributed by atoms with van der Waals surface area (Å²) in [6, 6.07) is 9.18. The van der Waals surface area contributed by atoms with Gasteiger partial charge in [0.2, 0.25) is 0 Å². The zero-order chi connectivity index (χ0) is 18.1. The molecule has 0 amide bonds. The van der Waals surface area contributed by atoms with E-state index < -0.39 is 23.8 Å². The number of hydrogen-bond donors (Lipinski definition) is 1. The smallest absolute Gasteiger partial charge is 0.331 e. The van der Waals surface area contributed by atoms with E-state index in [9.17, 15) is 14.4 Å². The molecule has 25 heavy (non-hydrogen) atoms. The van der Waals surface area contributed by atoms with Crippen LogP contribution in [-0.4, -0.2) is 15.5 Å². The fourth-order valence-corrected chi connectivity index (χ4v) is 3.14. The number of ether oxygens (including phenoxy) is 1. The van der Waals surface area contributed by atoms with Gasteiger partial charge in [0.15, 0.2) is 5.75 Å². The predicted molar refractivity (Wildman–Crippen MR) is 95.9 cm³/mol. The van der Waals surface area contributed by atoms with Crippen LogP contribution in [0.15, 0.2) is 46.0 Å². The van der Waals surface area contributed by atoms with Gasteiger partial charge in [-0.05, 0) is 24.3 Å². The number of para-hydroxylation sites is 1. The summed E-state index contributed by atoms with van der Waals surface area (Å²) in [6.07, 6.45) is 0. The Bertz CT molecular complexity index is 1080. The molecule has 1 N–H and O–H groups in total. The first-order valence-electron chi connectivity index (χ1n) is 6.94. The monoisotopic (exact) mass is 398 g/mol. The number of carbonyl (C=O) groups is 1. The van der Waals surface area contributed by atoms with Crippen molar-refractivity contribution in [3.8, 4) is 5.75 Å². The summed E-state index contributed by atoms with van der Waals surface area (Å²) < 4.78 is 5.82. The summed E-state index contributed by atoms with van der Waals surface area (Å²) >= 11 is 17.7. The van der Waals surface area contributed by atoms with Crippen LogP contribution in [-0.2, 0) is 11.3 Å². The van der Waals surface area contributed by atoms with E-state index in [1.807, 2.05) is 0 Å². The first-order chi connectivity index (χ1) is 11.9. The van der Waals surface area contributed by atoms with Gasteiger partial charge in [-0.25, -0.2) is 14.2 Å². The van der Waals surface area contributed by atoms with E-state index in [4.69, 9.17) is 39.5 Å². The van der Waals surface area contributed by atoms with E-state index in [1.54, 1.807) is 24.3 Å². The highest BCUT2D eigenvalue weighted by molar-refractivity contribution is 6.40. The molecule has 0 saturated heterocycles. The van der Waals surface area contributed by atoms with Gasteiger partial charge in [-0.2, -0.15) is 0 Å². The molecule has 0 aliphatic heterocycles. The summed E-state index contributed by atoms with van der Waals surface area (Å²) in [6.45, 7) is -0.603. The summed E-state index contributed by atoms with van der Waals surface area (Å²) in [7, 11) is 0. The van der Waals surface area contributed by atoms with Crippen molar-refractivity contribution in [2.75, 3.05) is 0 Å². The van der Waals surface area contributed by atoms with E-state index in [0.29, 0.717) is 5.52 Å². The van der Waals surface area contributed by atoms with Crippen molar-refractivity contribution in [1.82, 2.24) is 9.55 Å². The topological polar surface area (TPSA) is 81.2 Å². The molecule has 0 fully saturated rings. The number of benzene rings is 2. The minimum absolute atomic E-state index is 0.0330. The van der Waals surface area contributed by atoms with Crippen LogP contribution in [0.5, 0.6) is 5.75 Å². The Morgan fingerprint density at radius 2 is 1.72 bits per heavy atom. The molecule has 1 aromatic heterocycles. The third-order valence-corrected chi connectivity index (χ3v) is 4.14. The Hall–Kier alpha value is -2.28. The average Bonchev–Trinajstić information content (AvgIpc) is 2.55. The lowest BCUT2D eigenvalue weighted by Gasteiger charge is -2.10. The molecule has 0 aliphatic carbocycles. The molecule has 0 spiro atoms. The SMILES string of the molecule is O=C(Cn1c(=O)[nH]c2ccccc2c1=O)Oc1c(Cl)cc(Cl)cc1Cl. The minimum atomic E-state index is -0.881. The highest BCUT2D eigenvalue weighted by Gasteiger charge is 2.16. The van der Waals surface area contributed by atoms with Crippen molar-refractivity contribution in [1.29, 1.82) is 0 Å². The first-order valence-corrected chi connectivity index (χ1v) is 8.07. The molecule has 3 rings (SSSR count). The number of hydrogen-bond acceptors (Lipinski definition) is 4. The molecule has 128 valence electrons. The standard InChI is InChI=1S/C16H9Cl3N2O4/c17-8-5-10(18)14(11(19)6-8)25-13(22)7-21-15(23)9-3-1-2-4-12(9)20-16(21)24/h1-6H,7H2,(H,20,24). The predicted octanol–water partition coefficient (Wildman–Crippen LogP) is 3.26. The van der Waals surface area contributed by atoms with E-state index >= 15 is 0 Å². The van der Waals surface area contributed by atoms with Gasteiger partial charge in [-0.15, -0.1) is 0 Å². The molecule has 0 aliphatic rings. The van der Waals surface area contributed by atoms with Crippen molar-refractivity contribution >= 4 is 51.7 Å². The quantitative estimate of drug-likeness (QED) is 0.541. The molecular weight excluding hydrogens is 391 g/mol. The second kappa shape index (κ2) is 6.92.